The van der Waals surface area contributed by atoms with Crippen LogP contribution in [0.4, 0.5) is 0 Å². The molecule has 1 aromatic rings. The number of rotatable bonds is 5. The van der Waals surface area contributed by atoms with Gasteiger partial charge in [-0.25, -0.2) is 0 Å². The molecule has 0 heterocycles. The van der Waals surface area contributed by atoms with Crippen molar-refractivity contribution in [3.8, 4) is 0 Å². The summed E-state index contributed by atoms with van der Waals surface area (Å²) in [6, 6.07) is 7.62. The Hall–Kier alpha value is -0.770. The number of nitrogens with one attached hydrogen (secondary N) is 1. The Morgan fingerprint density at radius 1 is 1.41 bits per heavy atom. The summed E-state index contributed by atoms with van der Waals surface area (Å²) >= 11 is 5.77. The molecular weight excluding hydrogens is 259 g/mol. The first-order valence-electron chi connectivity index (χ1n) is 5.35. The highest BCUT2D eigenvalue weighted by Gasteiger charge is 2.09. The zero-order chi connectivity index (χ0) is 12.0. The maximum Gasteiger partial charge on any atom is 0.224 e. The van der Waals surface area contributed by atoms with Crippen molar-refractivity contribution < 1.29 is 4.79 Å². The van der Waals surface area contributed by atoms with Gasteiger partial charge in [-0.1, -0.05) is 30.7 Å². The number of carbonyl (C=O) groups is 1. The zero-order valence-electron chi connectivity index (χ0n) is 9.78. The third-order valence-electron chi connectivity index (χ3n) is 2.43. The van der Waals surface area contributed by atoms with Gasteiger partial charge in [0, 0.05) is 24.0 Å². The van der Waals surface area contributed by atoms with E-state index in [1.165, 1.54) is 0 Å². The van der Waals surface area contributed by atoms with Gasteiger partial charge in [0.1, 0.15) is 0 Å². The van der Waals surface area contributed by atoms with Crippen molar-refractivity contribution in [2.75, 3.05) is 13.1 Å². The Labute approximate surface area is 113 Å². The predicted molar refractivity (Wildman–Crippen MR) is 73.6 cm³/mol. The van der Waals surface area contributed by atoms with Crippen molar-refractivity contribution in [1.29, 1.82) is 0 Å². The summed E-state index contributed by atoms with van der Waals surface area (Å²) in [6.45, 7) is 2.83. The molecule has 0 saturated heterocycles. The molecule has 3 nitrogen and oxygen atoms in total. The molecule has 1 aromatic carbocycles. The first-order chi connectivity index (χ1) is 7.63. The van der Waals surface area contributed by atoms with Gasteiger partial charge in [-0.2, -0.15) is 0 Å². The molecule has 0 fully saturated rings. The number of hydrogen-bond acceptors (Lipinski definition) is 2. The molecule has 1 amide bonds. The molecule has 0 aromatic heterocycles. The lowest BCUT2D eigenvalue weighted by Gasteiger charge is -2.09. The average molecular weight is 277 g/mol. The van der Waals surface area contributed by atoms with Gasteiger partial charge < -0.3 is 11.1 Å². The van der Waals surface area contributed by atoms with Crippen LogP contribution in [0.25, 0.3) is 0 Å². The maximum atomic E-state index is 11.4. The number of hydrogen-bond donors (Lipinski definition) is 2. The molecule has 0 saturated carbocycles. The summed E-state index contributed by atoms with van der Waals surface area (Å²) in [5, 5.41) is 3.57. The van der Waals surface area contributed by atoms with E-state index in [0.29, 0.717) is 13.1 Å². The minimum atomic E-state index is -0.120. The van der Waals surface area contributed by atoms with Crippen LogP contribution in [-0.2, 0) is 11.2 Å². The summed E-state index contributed by atoms with van der Waals surface area (Å²) < 4.78 is 0. The van der Waals surface area contributed by atoms with E-state index in [1.54, 1.807) is 0 Å². The fourth-order valence-corrected chi connectivity index (χ4v) is 1.39. The topological polar surface area (TPSA) is 55.1 Å². The molecule has 1 atom stereocenters. The molecule has 0 spiro atoms. The number of nitrogens with two attached hydrogens (primary N) is 1. The molecule has 0 aliphatic rings. The molecule has 1 rings (SSSR count). The van der Waals surface area contributed by atoms with Crippen molar-refractivity contribution >= 4 is 29.9 Å². The van der Waals surface area contributed by atoms with Gasteiger partial charge in [0.15, 0.2) is 0 Å². The number of halogens is 2. The Bertz CT molecular complexity index is 341. The van der Waals surface area contributed by atoms with E-state index >= 15 is 0 Å². The summed E-state index contributed by atoms with van der Waals surface area (Å²) in [5.41, 5.74) is 6.55. The van der Waals surface area contributed by atoms with E-state index in [9.17, 15) is 4.79 Å². The van der Waals surface area contributed by atoms with Gasteiger partial charge >= 0.3 is 0 Å². The molecule has 0 radical (unpaired) electrons. The summed E-state index contributed by atoms with van der Waals surface area (Å²) in [5.74, 6) is -0.110. The van der Waals surface area contributed by atoms with Crippen LogP contribution in [0, 0.1) is 5.92 Å². The van der Waals surface area contributed by atoms with Crippen molar-refractivity contribution in [1.82, 2.24) is 5.32 Å². The third kappa shape index (κ3) is 5.91. The average Bonchev–Trinajstić information content (AvgIpc) is 2.30. The minimum absolute atomic E-state index is 0. The largest absolute Gasteiger partial charge is 0.355 e. The fourth-order valence-electron chi connectivity index (χ4n) is 1.26. The SMILES string of the molecule is CC(CN)C(=O)NCCc1ccc(Cl)cc1.Cl. The van der Waals surface area contributed by atoms with E-state index in [0.717, 1.165) is 17.0 Å². The molecule has 0 aliphatic carbocycles. The second kappa shape index (κ2) is 8.34. The highest BCUT2D eigenvalue weighted by Crippen LogP contribution is 2.09. The normalized spacial score (nSPS) is 11.5. The van der Waals surface area contributed by atoms with Crippen LogP contribution in [-0.4, -0.2) is 19.0 Å². The van der Waals surface area contributed by atoms with Crippen LogP contribution in [0.2, 0.25) is 5.02 Å². The van der Waals surface area contributed by atoms with Crippen LogP contribution >= 0.6 is 24.0 Å². The van der Waals surface area contributed by atoms with Crippen LogP contribution in [0.3, 0.4) is 0 Å². The van der Waals surface area contributed by atoms with Crippen LogP contribution in [0.1, 0.15) is 12.5 Å². The lowest BCUT2D eigenvalue weighted by atomic mass is 10.1. The molecule has 96 valence electrons. The van der Waals surface area contributed by atoms with Gasteiger partial charge in [-0.3, -0.25) is 4.79 Å². The van der Waals surface area contributed by atoms with E-state index < -0.39 is 0 Å². The van der Waals surface area contributed by atoms with E-state index in [1.807, 2.05) is 31.2 Å². The highest BCUT2D eigenvalue weighted by molar-refractivity contribution is 6.30. The molecular formula is C12H18Cl2N2O. The van der Waals surface area contributed by atoms with Gasteiger partial charge in [0.05, 0.1) is 0 Å². The molecule has 0 aliphatic heterocycles. The monoisotopic (exact) mass is 276 g/mol. The minimum Gasteiger partial charge on any atom is -0.355 e. The predicted octanol–water partition coefficient (Wildman–Crippen LogP) is 2.02. The number of amides is 1. The van der Waals surface area contributed by atoms with E-state index in [2.05, 4.69) is 5.32 Å². The first kappa shape index (κ1) is 16.2. The number of benzene rings is 1. The molecule has 5 heteroatoms. The summed E-state index contributed by atoms with van der Waals surface area (Å²) in [6.07, 6.45) is 0.806. The van der Waals surface area contributed by atoms with Crippen molar-refractivity contribution in [2.24, 2.45) is 11.7 Å². The van der Waals surface area contributed by atoms with E-state index in [-0.39, 0.29) is 24.2 Å². The van der Waals surface area contributed by atoms with Gasteiger partial charge in [0.2, 0.25) is 5.91 Å². The second-order valence-electron chi connectivity index (χ2n) is 3.80. The second-order valence-corrected chi connectivity index (χ2v) is 4.24. The summed E-state index contributed by atoms with van der Waals surface area (Å²) in [4.78, 5) is 11.4. The molecule has 1 unspecified atom stereocenters. The first-order valence-corrected chi connectivity index (χ1v) is 5.73. The Balaban J connectivity index is 0.00000256. The highest BCUT2D eigenvalue weighted by atomic mass is 35.5. The molecule has 0 bridgehead atoms. The van der Waals surface area contributed by atoms with E-state index in [4.69, 9.17) is 17.3 Å². The smallest absolute Gasteiger partial charge is 0.224 e. The summed E-state index contributed by atoms with van der Waals surface area (Å²) in [7, 11) is 0. The van der Waals surface area contributed by atoms with Gasteiger partial charge in [-0.15, -0.1) is 12.4 Å². The Morgan fingerprint density at radius 2 is 2.00 bits per heavy atom. The van der Waals surface area contributed by atoms with Crippen molar-refractivity contribution in [3.63, 3.8) is 0 Å². The lowest BCUT2D eigenvalue weighted by molar-refractivity contribution is -0.124. The lowest BCUT2D eigenvalue weighted by Crippen LogP contribution is -2.34. The Morgan fingerprint density at radius 3 is 2.53 bits per heavy atom. The maximum absolute atomic E-state index is 11.4. The third-order valence-corrected chi connectivity index (χ3v) is 2.68. The zero-order valence-corrected chi connectivity index (χ0v) is 11.4. The fraction of sp³-hybridized carbons (Fsp3) is 0.417. The van der Waals surface area contributed by atoms with Gasteiger partial charge in [-0.05, 0) is 24.1 Å². The quantitative estimate of drug-likeness (QED) is 0.865. The number of carbonyl (C=O) groups excluding carboxylic acids is 1. The van der Waals surface area contributed by atoms with Crippen molar-refractivity contribution in [2.45, 2.75) is 13.3 Å². The standard InChI is InChI=1S/C12H17ClN2O.ClH/c1-9(8-14)12(16)15-7-6-10-2-4-11(13)5-3-10;/h2-5,9H,6-8,14H2,1H3,(H,15,16);1H. The molecule has 3 N–H and O–H groups in total. The van der Waals surface area contributed by atoms with Crippen LogP contribution in [0.15, 0.2) is 24.3 Å². The van der Waals surface area contributed by atoms with Gasteiger partial charge in [0.25, 0.3) is 0 Å². The van der Waals surface area contributed by atoms with Crippen LogP contribution < -0.4 is 11.1 Å². The van der Waals surface area contributed by atoms with Crippen LogP contribution in [0.5, 0.6) is 0 Å². The molecule has 17 heavy (non-hydrogen) atoms. The Kier molecular flexibility index (Phi) is 7.96. The van der Waals surface area contributed by atoms with Crippen molar-refractivity contribution in [3.05, 3.63) is 34.9 Å².